The lowest BCUT2D eigenvalue weighted by molar-refractivity contribution is 0.189. The molecule has 1 aliphatic rings. The maximum absolute atomic E-state index is 9.38. The molecule has 0 bridgehead atoms. The van der Waals surface area contributed by atoms with E-state index in [1.165, 1.54) is 18.4 Å². The summed E-state index contributed by atoms with van der Waals surface area (Å²) >= 11 is 0. The number of hydrogen-bond donors (Lipinski definition) is 2. The SMILES string of the molecule is CC(C)CC1CN(Cc2ccc(O)cc2)C(C)CCN1. The minimum absolute atomic E-state index is 0.344. The molecule has 0 spiro atoms. The first kappa shape index (κ1) is 15.3. The molecular formula is C17H28N2O. The highest BCUT2D eigenvalue weighted by molar-refractivity contribution is 5.25. The molecule has 0 amide bonds. The molecular weight excluding hydrogens is 248 g/mol. The van der Waals surface area contributed by atoms with Gasteiger partial charge < -0.3 is 10.4 Å². The highest BCUT2D eigenvalue weighted by Crippen LogP contribution is 2.18. The average Bonchev–Trinajstić information content (AvgIpc) is 2.54. The van der Waals surface area contributed by atoms with Crippen molar-refractivity contribution in [2.45, 2.75) is 52.2 Å². The normalized spacial score (nSPS) is 24.8. The van der Waals surface area contributed by atoms with Crippen LogP contribution in [0.25, 0.3) is 0 Å². The molecule has 0 aliphatic carbocycles. The fourth-order valence-corrected chi connectivity index (χ4v) is 2.99. The van der Waals surface area contributed by atoms with E-state index in [1.807, 2.05) is 12.1 Å². The number of benzene rings is 1. The molecule has 112 valence electrons. The molecule has 2 rings (SSSR count). The van der Waals surface area contributed by atoms with E-state index in [0.717, 1.165) is 25.6 Å². The Morgan fingerprint density at radius 3 is 2.65 bits per heavy atom. The van der Waals surface area contributed by atoms with Gasteiger partial charge in [-0.2, -0.15) is 0 Å². The Kier molecular flexibility index (Phi) is 5.44. The van der Waals surface area contributed by atoms with E-state index in [0.29, 0.717) is 17.8 Å². The largest absolute Gasteiger partial charge is 0.508 e. The van der Waals surface area contributed by atoms with Crippen LogP contribution in [-0.4, -0.2) is 35.2 Å². The van der Waals surface area contributed by atoms with Crippen molar-refractivity contribution in [2.75, 3.05) is 13.1 Å². The molecule has 1 saturated heterocycles. The van der Waals surface area contributed by atoms with E-state index < -0.39 is 0 Å². The summed E-state index contributed by atoms with van der Waals surface area (Å²) in [5, 5.41) is 13.1. The summed E-state index contributed by atoms with van der Waals surface area (Å²) in [6.45, 7) is 10.1. The molecule has 2 N–H and O–H groups in total. The molecule has 2 atom stereocenters. The standard InChI is InChI=1S/C17H28N2O/c1-13(2)10-16-12-19(14(3)8-9-18-16)11-15-4-6-17(20)7-5-15/h4-7,13-14,16,18,20H,8-12H2,1-3H3. The van der Waals surface area contributed by atoms with Crippen molar-refractivity contribution in [3.63, 3.8) is 0 Å². The molecule has 3 heteroatoms. The molecule has 0 saturated carbocycles. The number of phenols is 1. The van der Waals surface area contributed by atoms with Gasteiger partial charge in [0, 0.05) is 25.2 Å². The molecule has 1 fully saturated rings. The Bertz CT molecular complexity index is 402. The highest BCUT2D eigenvalue weighted by atomic mass is 16.3. The van der Waals surface area contributed by atoms with Gasteiger partial charge in [0.15, 0.2) is 0 Å². The first-order valence-electron chi connectivity index (χ1n) is 7.80. The van der Waals surface area contributed by atoms with Crippen molar-refractivity contribution in [3.05, 3.63) is 29.8 Å². The van der Waals surface area contributed by atoms with Crippen molar-refractivity contribution in [1.82, 2.24) is 10.2 Å². The van der Waals surface area contributed by atoms with E-state index in [9.17, 15) is 5.11 Å². The average molecular weight is 276 g/mol. The fraction of sp³-hybridized carbons (Fsp3) is 0.647. The quantitative estimate of drug-likeness (QED) is 0.887. The van der Waals surface area contributed by atoms with E-state index >= 15 is 0 Å². The van der Waals surface area contributed by atoms with Crippen molar-refractivity contribution >= 4 is 0 Å². The van der Waals surface area contributed by atoms with Gasteiger partial charge in [-0.25, -0.2) is 0 Å². The second-order valence-corrected chi connectivity index (χ2v) is 6.51. The van der Waals surface area contributed by atoms with Crippen LogP contribution < -0.4 is 5.32 Å². The highest BCUT2D eigenvalue weighted by Gasteiger charge is 2.23. The summed E-state index contributed by atoms with van der Waals surface area (Å²) in [7, 11) is 0. The van der Waals surface area contributed by atoms with Gasteiger partial charge >= 0.3 is 0 Å². The van der Waals surface area contributed by atoms with E-state index in [-0.39, 0.29) is 0 Å². The predicted octanol–water partition coefficient (Wildman–Crippen LogP) is 2.99. The van der Waals surface area contributed by atoms with Gasteiger partial charge in [0.1, 0.15) is 5.75 Å². The topological polar surface area (TPSA) is 35.5 Å². The van der Waals surface area contributed by atoms with Crippen LogP contribution in [0.3, 0.4) is 0 Å². The number of phenolic OH excluding ortho intramolecular Hbond substituents is 1. The number of rotatable bonds is 4. The molecule has 0 radical (unpaired) electrons. The molecule has 2 unspecified atom stereocenters. The molecule has 1 aliphatic heterocycles. The summed E-state index contributed by atoms with van der Waals surface area (Å²) in [6.07, 6.45) is 2.44. The van der Waals surface area contributed by atoms with E-state index in [4.69, 9.17) is 0 Å². The molecule has 20 heavy (non-hydrogen) atoms. The molecule has 0 aromatic heterocycles. The van der Waals surface area contributed by atoms with Gasteiger partial charge in [-0.1, -0.05) is 26.0 Å². The smallest absolute Gasteiger partial charge is 0.115 e. The monoisotopic (exact) mass is 276 g/mol. The lowest BCUT2D eigenvalue weighted by atomic mass is 10.0. The van der Waals surface area contributed by atoms with Gasteiger partial charge in [-0.05, 0) is 49.9 Å². The Morgan fingerprint density at radius 2 is 2.00 bits per heavy atom. The third-order valence-corrected chi connectivity index (χ3v) is 4.15. The van der Waals surface area contributed by atoms with Crippen molar-refractivity contribution in [3.8, 4) is 5.75 Å². The minimum Gasteiger partial charge on any atom is -0.508 e. The number of nitrogens with one attached hydrogen (secondary N) is 1. The maximum Gasteiger partial charge on any atom is 0.115 e. The van der Waals surface area contributed by atoms with Crippen molar-refractivity contribution < 1.29 is 5.11 Å². The van der Waals surface area contributed by atoms with Gasteiger partial charge in [0.25, 0.3) is 0 Å². The van der Waals surface area contributed by atoms with Crippen LogP contribution in [0.4, 0.5) is 0 Å². The van der Waals surface area contributed by atoms with Gasteiger partial charge in [-0.3, -0.25) is 4.90 Å². The maximum atomic E-state index is 9.38. The third kappa shape index (κ3) is 4.50. The van der Waals surface area contributed by atoms with Crippen LogP contribution in [0.2, 0.25) is 0 Å². The lowest BCUT2D eigenvalue weighted by Gasteiger charge is -2.29. The Hall–Kier alpha value is -1.06. The zero-order valence-corrected chi connectivity index (χ0v) is 13.0. The first-order valence-corrected chi connectivity index (χ1v) is 7.80. The number of aromatic hydroxyl groups is 1. The summed E-state index contributed by atoms with van der Waals surface area (Å²) in [6, 6.07) is 8.81. The van der Waals surface area contributed by atoms with E-state index in [2.05, 4.69) is 31.0 Å². The van der Waals surface area contributed by atoms with Crippen LogP contribution in [0.5, 0.6) is 5.75 Å². The second kappa shape index (κ2) is 7.09. The first-order chi connectivity index (χ1) is 9.54. The summed E-state index contributed by atoms with van der Waals surface area (Å²) in [5.74, 6) is 1.08. The summed E-state index contributed by atoms with van der Waals surface area (Å²) in [5.41, 5.74) is 1.28. The predicted molar refractivity (Wildman–Crippen MR) is 83.8 cm³/mol. The van der Waals surface area contributed by atoms with Crippen LogP contribution >= 0.6 is 0 Å². The summed E-state index contributed by atoms with van der Waals surface area (Å²) < 4.78 is 0. The number of nitrogens with zero attached hydrogens (tertiary/aromatic N) is 1. The minimum atomic E-state index is 0.344. The van der Waals surface area contributed by atoms with Crippen LogP contribution in [0.15, 0.2) is 24.3 Å². The molecule has 1 aromatic rings. The Labute approximate surface area is 123 Å². The lowest BCUT2D eigenvalue weighted by Crippen LogP contribution is -2.40. The van der Waals surface area contributed by atoms with Crippen LogP contribution in [-0.2, 0) is 6.54 Å². The van der Waals surface area contributed by atoms with Crippen molar-refractivity contribution in [1.29, 1.82) is 0 Å². The van der Waals surface area contributed by atoms with Crippen molar-refractivity contribution in [2.24, 2.45) is 5.92 Å². The molecule has 3 nitrogen and oxygen atoms in total. The Morgan fingerprint density at radius 1 is 1.30 bits per heavy atom. The third-order valence-electron chi connectivity index (χ3n) is 4.15. The van der Waals surface area contributed by atoms with E-state index in [1.54, 1.807) is 12.1 Å². The molecule has 1 aromatic carbocycles. The zero-order chi connectivity index (χ0) is 14.5. The number of hydrogen-bond acceptors (Lipinski definition) is 3. The second-order valence-electron chi connectivity index (χ2n) is 6.51. The van der Waals surface area contributed by atoms with Gasteiger partial charge in [0.2, 0.25) is 0 Å². The van der Waals surface area contributed by atoms with Gasteiger partial charge in [0.05, 0.1) is 0 Å². The summed E-state index contributed by atoms with van der Waals surface area (Å²) in [4.78, 5) is 2.57. The molecule has 1 heterocycles. The Balaban J connectivity index is 2.00. The van der Waals surface area contributed by atoms with Crippen LogP contribution in [0.1, 0.15) is 39.2 Å². The van der Waals surface area contributed by atoms with Gasteiger partial charge in [-0.15, -0.1) is 0 Å². The fourth-order valence-electron chi connectivity index (χ4n) is 2.99. The zero-order valence-electron chi connectivity index (χ0n) is 13.0. The van der Waals surface area contributed by atoms with Crippen LogP contribution in [0, 0.1) is 5.92 Å².